The Bertz CT molecular complexity index is 920. The number of benzene rings is 2. The van der Waals surface area contributed by atoms with E-state index in [1.807, 2.05) is 36.6 Å². The maximum Gasteiger partial charge on any atom is 0.248 e. The summed E-state index contributed by atoms with van der Waals surface area (Å²) in [6.45, 7) is 2.38. The van der Waals surface area contributed by atoms with E-state index >= 15 is 0 Å². The molecule has 0 saturated carbocycles. The van der Waals surface area contributed by atoms with Gasteiger partial charge in [0.1, 0.15) is 18.2 Å². The van der Waals surface area contributed by atoms with Crippen molar-refractivity contribution in [2.45, 2.75) is 13.5 Å². The zero-order valence-electron chi connectivity index (χ0n) is 14.1. The molecule has 1 heterocycles. The Balaban J connectivity index is 1.54. The van der Waals surface area contributed by atoms with Gasteiger partial charge in [-0.1, -0.05) is 24.3 Å². The number of carbonyl (C=O) groups is 1. The molecule has 0 aliphatic carbocycles. The molecule has 0 spiro atoms. The number of carbonyl (C=O) groups excluding carboxylic acids is 1. The summed E-state index contributed by atoms with van der Waals surface area (Å²) in [7, 11) is 0. The normalized spacial score (nSPS) is 10.8. The Morgan fingerprint density at radius 1 is 1.23 bits per heavy atom. The fraction of sp³-hybridized carbons (Fsp3) is 0.100. The second-order valence-corrected chi connectivity index (χ2v) is 6.58. The van der Waals surface area contributed by atoms with Crippen LogP contribution in [0, 0.1) is 12.7 Å². The van der Waals surface area contributed by atoms with Crippen LogP contribution >= 0.6 is 11.3 Å². The predicted molar refractivity (Wildman–Crippen MR) is 102 cm³/mol. The third-order valence-corrected chi connectivity index (χ3v) is 4.31. The van der Waals surface area contributed by atoms with Crippen LogP contribution in [0.15, 0.2) is 60.0 Å². The number of rotatable bonds is 6. The summed E-state index contributed by atoms with van der Waals surface area (Å²) in [5.41, 5.74) is 1.90. The number of hydrogen-bond donors (Lipinski definition) is 1. The molecule has 0 bridgehead atoms. The molecule has 0 aliphatic heterocycles. The van der Waals surface area contributed by atoms with Crippen LogP contribution < -0.4 is 10.1 Å². The molecule has 0 unspecified atom stereocenters. The van der Waals surface area contributed by atoms with Crippen LogP contribution in [0.25, 0.3) is 6.08 Å². The fourth-order valence-electron chi connectivity index (χ4n) is 2.22. The summed E-state index contributed by atoms with van der Waals surface area (Å²) in [5, 5.41) is 5.49. The molecule has 132 valence electrons. The van der Waals surface area contributed by atoms with Crippen LogP contribution in [0.2, 0.25) is 0 Å². The van der Waals surface area contributed by atoms with Gasteiger partial charge in [0.2, 0.25) is 5.91 Å². The highest BCUT2D eigenvalue weighted by Crippen LogP contribution is 2.17. The third kappa shape index (κ3) is 5.00. The molecule has 0 saturated heterocycles. The van der Waals surface area contributed by atoms with Crippen molar-refractivity contribution in [3.8, 4) is 5.75 Å². The molecule has 0 aliphatic rings. The molecule has 1 amide bonds. The largest absolute Gasteiger partial charge is 0.487 e. The number of nitrogens with zero attached hydrogens (tertiary/aromatic N) is 1. The van der Waals surface area contributed by atoms with E-state index in [2.05, 4.69) is 10.3 Å². The highest BCUT2D eigenvalue weighted by atomic mass is 32.1. The molecule has 26 heavy (non-hydrogen) atoms. The molecule has 0 radical (unpaired) electrons. The average molecular weight is 368 g/mol. The van der Waals surface area contributed by atoms with Crippen LogP contribution in [0.3, 0.4) is 0 Å². The lowest BCUT2D eigenvalue weighted by atomic mass is 10.2. The molecule has 6 heteroatoms. The molecular weight excluding hydrogens is 351 g/mol. The van der Waals surface area contributed by atoms with E-state index in [4.69, 9.17) is 4.74 Å². The molecule has 2 aromatic carbocycles. The van der Waals surface area contributed by atoms with Crippen molar-refractivity contribution in [1.82, 2.24) is 4.98 Å². The van der Waals surface area contributed by atoms with Gasteiger partial charge in [-0.2, -0.15) is 0 Å². The van der Waals surface area contributed by atoms with Crippen molar-refractivity contribution >= 4 is 29.0 Å². The van der Waals surface area contributed by atoms with E-state index < -0.39 is 11.7 Å². The maximum absolute atomic E-state index is 13.5. The topological polar surface area (TPSA) is 51.2 Å². The lowest BCUT2D eigenvalue weighted by molar-refractivity contribution is -0.111. The number of ether oxygens (including phenoxy) is 1. The van der Waals surface area contributed by atoms with Gasteiger partial charge in [0.15, 0.2) is 0 Å². The summed E-state index contributed by atoms with van der Waals surface area (Å²) in [6.07, 6.45) is 3.02. The van der Waals surface area contributed by atoms with Crippen molar-refractivity contribution in [2.75, 3.05) is 5.32 Å². The van der Waals surface area contributed by atoms with Crippen LogP contribution in [-0.4, -0.2) is 10.9 Å². The fourth-order valence-corrected chi connectivity index (χ4v) is 2.81. The van der Waals surface area contributed by atoms with Crippen molar-refractivity contribution in [3.63, 3.8) is 0 Å². The first-order chi connectivity index (χ1) is 12.6. The van der Waals surface area contributed by atoms with Gasteiger partial charge in [-0.3, -0.25) is 4.79 Å². The van der Waals surface area contributed by atoms with Crippen LogP contribution in [0.5, 0.6) is 5.75 Å². The molecular formula is C20H17FN2O2S. The van der Waals surface area contributed by atoms with E-state index in [0.29, 0.717) is 6.61 Å². The maximum atomic E-state index is 13.5. The minimum Gasteiger partial charge on any atom is -0.487 e. The first kappa shape index (κ1) is 17.8. The van der Waals surface area contributed by atoms with Gasteiger partial charge in [-0.15, -0.1) is 11.3 Å². The Labute approximate surface area is 155 Å². The molecule has 3 rings (SSSR count). The number of nitrogens with one attached hydrogen (secondary N) is 1. The van der Waals surface area contributed by atoms with Crippen molar-refractivity contribution in [2.24, 2.45) is 0 Å². The summed E-state index contributed by atoms with van der Waals surface area (Å²) in [4.78, 5) is 16.2. The molecule has 0 atom stereocenters. The molecule has 0 fully saturated rings. The number of aryl methyl sites for hydroxylation is 1. The number of halogens is 1. The molecule has 3 aromatic rings. The number of hydrogen-bond acceptors (Lipinski definition) is 4. The lowest BCUT2D eigenvalue weighted by Crippen LogP contribution is -2.08. The summed E-state index contributed by atoms with van der Waals surface area (Å²) < 4.78 is 19.2. The van der Waals surface area contributed by atoms with Crippen molar-refractivity contribution in [1.29, 1.82) is 0 Å². The third-order valence-electron chi connectivity index (χ3n) is 3.49. The first-order valence-electron chi connectivity index (χ1n) is 7.97. The molecule has 1 N–H and O–H groups in total. The minimum absolute atomic E-state index is 0.156. The summed E-state index contributed by atoms with van der Waals surface area (Å²) >= 11 is 1.59. The lowest BCUT2D eigenvalue weighted by Gasteiger charge is -2.05. The van der Waals surface area contributed by atoms with Gasteiger partial charge in [-0.25, -0.2) is 9.37 Å². The van der Waals surface area contributed by atoms with Crippen LogP contribution in [0.4, 0.5) is 10.1 Å². The number of para-hydroxylation sites is 1. The van der Waals surface area contributed by atoms with Gasteiger partial charge in [0, 0.05) is 11.5 Å². The zero-order valence-corrected chi connectivity index (χ0v) is 14.9. The highest BCUT2D eigenvalue weighted by molar-refractivity contribution is 7.09. The van der Waals surface area contributed by atoms with E-state index in [-0.39, 0.29) is 5.69 Å². The van der Waals surface area contributed by atoms with Crippen molar-refractivity contribution < 1.29 is 13.9 Å². The second-order valence-electron chi connectivity index (χ2n) is 5.52. The zero-order chi connectivity index (χ0) is 18.4. The van der Waals surface area contributed by atoms with Crippen molar-refractivity contribution in [3.05, 3.63) is 82.1 Å². The smallest absolute Gasteiger partial charge is 0.248 e. The molecule has 1 aromatic heterocycles. The molecule has 4 nitrogen and oxygen atoms in total. The SMILES string of the molecule is Cc1nc(COc2ccc(/C=C/C(=O)Nc3ccccc3F)cc2)cs1. The second kappa shape index (κ2) is 8.40. The Kier molecular flexibility index (Phi) is 5.76. The Morgan fingerprint density at radius 3 is 2.69 bits per heavy atom. The standard InChI is InChI=1S/C20H17FN2O2S/c1-14-22-16(13-26-14)12-25-17-9-6-15(7-10-17)8-11-20(24)23-19-5-3-2-4-18(19)21/h2-11,13H,12H2,1H3,(H,23,24)/b11-8+. The van der Waals surface area contributed by atoms with Gasteiger partial charge < -0.3 is 10.1 Å². The van der Waals surface area contributed by atoms with Gasteiger partial charge >= 0.3 is 0 Å². The number of amides is 1. The van der Waals surface area contributed by atoms with Crippen LogP contribution in [0.1, 0.15) is 16.3 Å². The van der Waals surface area contributed by atoms with Gasteiger partial charge in [0.05, 0.1) is 16.4 Å². The van der Waals surface area contributed by atoms with E-state index in [0.717, 1.165) is 22.0 Å². The summed E-state index contributed by atoms with van der Waals surface area (Å²) in [6, 6.07) is 13.4. The average Bonchev–Trinajstić information content (AvgIpc) is 3.06. The Hall–Kier alpha value is -2.99. The first-order valence-corrected chi connectivity index (χ1v) is 8.85. The van der Waals surface area contributed by atoms with Gasteiger partial charge in [0.25, 0.3) is 0 Å². The van der Waals surface area contributed by atoms with E-state index in [1.165, 1.54) is 18.2 Å². The van der Waals surface area contributed by atoms with E-state index in [1.54, 1.807) is 29.5 Å². The summed E-state index contributed by atoms with van der Waals surface area (Å²) in [5.74, 6) is -0.135. The minimum atomic E-state index is -0.467. The monoisotopic (exact) mass is 368 g/mol. The Morgan fingerprint density at radius 2 is 2.00 bits per heavy atom. The van der Waals surface area contributed by atoms with E-state index in [9.17, 15) is 9.18 Å². The predicted octanol–water partition coefficient (Wildman–Crippen LogP) is 4.82. The number of anilines is 1. The number of thiazole rings is 1. The number of aromatic nitrogens is 1. The highest BCUT2D eigenvalue weighted by Gasteiger charge is 2.03. The quantitative estimate of drug-likeness (QED) is 0.635. The van der Waals surface area contributed by atoms with Crippen LogP contribution in [-0.2, 0) is 11.4 Å². The van der Waals surface area contributed by atoms with Gasteiger partial charge in [-0.05, 0) is 42.8 Å².